The van der Waals surface area contributed by atoms with E-state index < -0.39 is 5.97 Å². The second-order valence-electron chi connectivity index (χ2n) is 9.76. The second-order valence-corrected chi connectivity index (χ2v) is 9.76. The quantitative estimate of drug-likeness (QED) is 0.144. The van der Waals surface area contributed by atoms with E-state index in [-0.39, 0.29) is 0 Å². The van der Waals surface area contributed by atoms with Crippen molar-refractivity contribution in [1.29, 1.82) is 0 Å². The molecule has 0 aromatic heterocycles. The van der Waals surface area contributed by atoms with Gasteiger partial charge in [-0.2, -0.15) is 0 Å². The molecule has 0 aliphatic carbocycles. The van der Waals surface area contributed by atoms with Crippen molar-refractivity contribution in [3.63, 3.8) is 0 Å². The Balaban J connectivity index is 1.47. The summed E-state index contributed by atoms with van der Waals surface area (Å²) >= 11 is 0. The summed E-state index contributed by atoms with van der Waals surface area (Å²) < 4.78 is 0. The first kappa shape index (κ1) is 28.8. The highest BCUT2D eigenvalue weighted by Crippen LogP contribution is 2.13. The smallest absolute Gasteiger partial charge is 0.303 e. The predicted molar refractivity (Wildman–Crippen MR) is 148 cm³/mol. The van der Waals surface area contributed by atoms with Crippen LogP contribution in [-0.4, -0.2) is 22.5 Å². The molecular weight excluding hydrogens is 430 g/mol. The first-order chi connectivity index (χ1) is 17.2. The van der Waals surface area contributed by atoms with Gasteiger partial charge in [0.25, 0.3) is 0 Å². The fourth-order valence-corrected chi connectivity index (χ4v) is 4.51. The van der Waals surface area contributed by atoms with Crippen LogP contribution in [0.2, 0.25) is 0 Å². The lowest BCUT2D eigenvalue weighted by atomic mass is 10.1. The molecule has 0 aliphatic heterocycles. The van der Waals surface area contributed by atoms with E-state index in [1.807, 2.05) is 0 Å². The Bertz CT molecular complexity index is 746. The molecule has 0 saturated heterocycles. The van der Waals surface area contributed by atoms with Crippen LogP contribution in [0.1, 0.15) is 101 Å². The van der Waals surface area contributed by atoms with Crippen LogP contribution in [0.4, 0.5) is 0 Å². The number of hydrogen-bond donors (Lipinski definition) is 1. The molecule has 0 atom stereocenters. The molecule has 2 aromatic rings. The number of unbranched alkanes of at least 4 members (excludes halogenated alkanes) is 11. The van der Waals surface area contributed by atoms with Gasteiger partial charge in [0.1, 0.15) is 0 Å². The van der Waals surface area contributed by atoms with Crippen molar-refractivity contribution >= 4 is 5.97 Å². The minimum atomic E-state index is -0.664. The van der Waals surface area contributed by atoms with Crippen molar-refractivity contribution in [3.05, 3.63) is 83.9 Å². The Kier molecular flexibility index (Phi) is 16.4. The van der Waals surface area contributed by atoms with E-state index in [2.05, 4.69) is 77.7 Å². The molecule has 0 fully saturated rings. The molecule has 192 valence electrons. The maximum Gasteiger partial charge on any atom is 0.303 e. The molecule has 0 saturated carbocycles. The fourth-order valence-electron chi connectivity index (χ4n) is 4.51. The normalized spacial score (nSPS) is 11.5. The van der Waals surface area contributed by atoms with Crippen LogP contribution in [0.25, 0.3) is 0 Å². The number of hydrogen-bond acceptors (Lipinski definition) is 2. The molecule has 0 amide bonds. The Morgan fingerprint density at radius 2 is 1.03 bits per heavy atom. The number of nitrogens with zero attached hydrogens (tertiary/aromatic N) is 1. The molecule has 2 rings (SSSR count). The molecule has 3 heteroatoms. The van der Waals surface area contributed by atoms with Crippen molar-refractivity contribution in [2.24, 2.45) is 0 Å². The fraction of sp³-hybridized carbons (Fsp3) is 0.531. The largest absolute Gasteiger partial charge is 0.481 e. The van der Waals surface area contributed by atoms with Gasteiger partial charge in [-0.25, -0.2) is 0 Å². The van der Waals surface area contributed by atoms with Crippen molar-refractivity contribution in [2.45, 2.75) is 103 Å². The lowest BCUT2D eigenvalue weighted by Crippen LogP contribution is -2.24. The van der Waals surface area contributed by atoms with Crippen molar-refractivity contribution in [1.82, 2.24) is 4.90 Å². The average Bonchev–Trinajstić information content (AvgIpc) is 2.87. The number of allylic oxidation sites excluding steroid dienone is 2. The highest BCUT2D eigenvalue weighted by molar-refractivity contribution is 5.66. The Morgan fingerprint density at radius 1 is 0.600 bits per heavy atom. The minimum absolute atomic E-state index is 0.327. The molecule has 1 N–H and O–H groups in total. The van der Waals surface area contributed by atoms with Gasteiger partial charge in [0.05, 0.1) is 0 Å². The van der Waals surface area contributed by atoms with E-state index in [9.17, 15) is 4.79 Å². The summed E-state index contributed by atoms with van der Waals surface area (Å²) in [5, 5.41) is 8.63. The van der Waals surface area contributed by atoms with E-state index in [1.54, 1.807) is 0 Å². The first-order valence-corrected chi connectivity index (χ1v) is 13.9. The number of benzene rings is 2. The van der Waals surface area contributed by atoms with Crippen molar-refractivity contribution in [2.75, 3.05) is 6.54 Å². The van der Waals surface area contributed by atoms with Gasteiger partial charge in [0, 0.05) is 19.5 Å². The molecule has 0 bridgehead atoms. The predicted octanol–water partition coefficient (Wildman–Crippen LogP) is 8.79. The molecule has 0 spiro atoms. The maximum absolute atomic E-state index is 10.5. The zero-order valence-electron chi connectivity index (χ0n) is 21.8. The second kappa shape index (κ2) is 19.9. The van der Waals surface area contributed by atoms with E-state index in [0.29, 0.717) is 6.42 Å². The van der Waals surface area contributed by atoms with Gasteiger partial charge in [-0.1, -0.05) is 118 Å². The molecular formula is C32H47NO2. The topological polar surface area (TPSA) is 40.5 Å². The Morgan fingerprint density at radius 3 is 1.51 bits per heavy atom. The van der Waals surface area contributed by atoms with Gasteiger partial charge >= 0.3 is 5.97 Å². The summed E-state index contributed by atoms with van der Waals surface area (Å²) in [6, 6.07) is 21.6. The number of aliphatic carboxylic acids is 1. The summed E-state index contributed by atoms with van der Waals surface area (Å²) in [4.78, 5) is 13.1. The first-order valence-electron chi connectivity index (χ1n) is 13.9. The van der Waals surface area contributed by atoms with E-state index >= 15 is 0 Å². The van der Waals surface area contributed by atoms with Crippen LogP contribution in [0.3, 0.4) is 0 Å². The summed E-state index contributed by atoms with van der Waals surface area (Å²) in [5.41, 5.74) is 2.78. The van der Waals surface area contributed by atoms with Gasteiger partial charge in [-0.3, -0.25) is 9.69 Å². The minimum Gasteiger partial charge on any atom is -0.481 e. The molecule has 0 unspecified atom stereocenters. The van der Waals surface area contributed by atoms with Crippen molar-refractivity contribution < 1.29 is 9.90 Å². The van der Waals surface area contributed by atoms with Crippen LogP contribution < -0.4 is 0 Å². The average molecular weight is 478 g/mol. The third-order valence-electron chi connectivity index (χ3n) is 6.52. The SMILES string of the molecule is O=C(O)CCCCCCCCCCC=CCCCCCN(Cc1ccccc1)Cc1ccccc1. The molecule has 35 heavy (non-hydrogen) atoms. The van der Waals surface area contributed by atoms with E-state index in [4.69, 9.17) is 5.11 Å². The zero-order valence-corrected chi connectivity index (χ0v) is 21.8. The van der Waals surface area contributed by atoms with Crippen LogP contribution in [0.5, 0.6) is 0 Å². The van der Waals surface area contributed by atoms with Crippen LogP contribution in [0, 0.1) is 0 Å². The summed E-state index contributed by atoms with van der Waals surface area (Å²) in [7, 11) is 0. The number of rotatable bonds is 21. The maximum atomic E-state index is 10.5. The van der Waals surface area contributed by atoms with Gasteiger partial charge in [0.15, 0.2) is 0 Å². The van der Waals surface area contributed by atoms with E-state index in [1.165, 1.54) is 81.8 Å². The third kappa shape index (κ3) is 16.0. The third-order valence-corrected chi connectivity index (χ3v) is 6.52. The van der Waals surface area contributed by atoms with Gasteiger partial charge < -0.3 is 5.11 Å². The van der Waals surface area contributed by atoms with Crippen LogP contribution >= 0.6 is 0 Å². The molecule has 0 radical (unpaired) electrons. The molecule has 2 aromatic carbocycles. The molecule has 3 nitrogen and oxygen atoms in total. The summed E-state index contributed by atoms with van der Waals surface area (Å²) in [6.45, 7) is 3.17. The zero-order chi connectivity index (χ0) is 24.8. The summed E-state index contributed by atoms with van der Waals surface area (Å²) in [5.74, 6) is -0.664. The number of carboxylic acids is 1. The lowest BCUT2D eigenvalue weighted by molar-refractivity contribution is -0.137. The summed E-state index contributed by atoms with van der Waals surface area (Å²) in [6.07, 6.45) is 20.9. The van der Waals surface area contributed by atoms with Crippen molar-refractivity contribution in [3.8, 4) is 0 Å². The number of carbonyl (C=O) groups is 1. The highest BCUT2D eigenvalue weighted by atomic mass is 16.4. The lowest BCUT2D eigenvalue weighted by Gasteiger charge is -2.22. The Hall–Kier alpha value is -2.39. The monoisotopic (exact) mass is 477 g/mol. The number of carboxylic acid groups (broad SMARTS) is 1. The Labute approximate surface area is 214 Å². The van der Waals surface area contributed by atoms with Gasteiger partial charge in [-0.15, -0.1) is 0 Å². The standard InChI is InChI=1S/C32H47NO2/c34-32(35)26-20-12-10-8-6-4-2-1-3-5-7-9-11-13-21-27-33(28-30-22-16-14-17-23-30)29-31-24-18-15-19-25-31/h5,7,14-19,22-25H,1-4,6,8-13,20-21,26-29H2,(H,34,35). The van der Waals surface area contributed by atoms with Crippen LogP contribution in [-0.2, 0) is 17.9 Å². The van der Waals surface area contributed by atoms with E-state index in [0.717, 1.165) is 32.5 Å². The highest BCUT2D eigenvalue weighted by Gasteiger charge is 2.07. The molecule has 0 aliphatic rings. The van der Waals surface area contributed by atoms with Gasteiger partial charge in [0.2, 0.25) is 0 Å². The molecule has 0 heterocycles. The van der Waals surface area contributed by atoms with Crippen LogP contribution in [0.15, 0.2) is 72.8 Å². The van der Waals surface area contributed by atoms with Gasteiger partial charge in [-0.05, 0) is 56.2 Å².